The van der Waals surface area contributed by atoms with Crippen molar-refractivity contribution in [2.75, 3.05) is 23.3 Å². The van der Waals surface area contributed by atoms with E-state index < -0.39 is 0 Å². The third-order valence-electron chi connectivity index (χ3n) is 3.99. The molecule has 0 aliphatic carbocycles. The first-order chi connectivity index (χ1) is 11.5. The Balaban J connectivity index is 1.90. The lowest BCUT2D eigenvalue weighted by molar-refractivity contribution is 0.866. The zero-order valence-electron chi connectivity index (χ0n) is 15.0. The van der Waals surface area contributed by atoms with Gasteiger partial charge in [0.05, 0.1) is 0 Å². The topological polar surface area (TPSA) is 27.3 Å². The summed E-state index contributed by atoms with van der Waals surface area (Å²) in [6, 6.07) is 14.9. The van der Waals surface area contributed by atoms with E-state index in [1.807, 2.05) is 0 Å². The van der Waals surface area contributed by atoms with E-state index in [1.54, 1.807) is 0 Å². The second kappa shape index (κ2) is 8.69. The Labute approximate surface area is 151 Å². The highest BCUT2D eigenvalue weighted by atomic mass is 32.1. The Morgan fingerprint density at radius 2 is 1.54 bits per heavy atom. The van der Waals surface area contributed by atoms with Crippen LogP contribution < -0.4 is 15.5 Å². The van der Waals surface area contributed by atoms with Gasteiger partial charge in [0.25, 0.3) is 0 Å². The number of aryl methyl sites for hydroxylation is 2. The summed E-state index contributed by atoms with van der Waals surface area (Å²) in [5, 5.41) is 7.16. The molecule has 0 fully saturated rings. The quantitative estimate of drug-likeness (QED) is 0.749. The van der Waals surface area contributed by atoms with Crippen LogP contribution in [-0.2, 0) is 6.54 Å². The van der Waals surface area contributed by atoms with Crippen LogP contribution in [0.2, 0.25) is 0 Å². The fourth-order valence-corrected chi connectivity index (χ4v) is 3.06. The van der Waals surface area contributed by atoms with Crippen molar-refractivity contribution in [2.45, 2.75) is 34.2 Å². The number of nitrogens with one attached hydrogen (secondary N) is 2. The molecule has 2 N–H and O–H groups in total. The second-order valence-electron chi connectivity index (χ2n) is 6.02. The van der Waals surface area contributed by atoms with Crippen LogP contribution in [0.1, 0.15) is 30.5 Å². The van der Waals surface area contributed by atoms with E-state index in [-0.39, 0.29) is 0 Å². The number of benzene rings is 2. The molecule has 2 rings (SSSR count). The highest BCUT2D eigenvalue weighted by molar-refractivity contribution is 7.80. The molecule has 0 aromatic heterocycles. The normalized spacial score (nSPS) is 10.3. The molecule has 0 saturated heterocycles. The van der Waals surface area contributed by atoms with E-state index in [9.17, 15) is 0 Å². The van der Waals surface area contributed by atoms with Crippen LogP contribution in [0.25, 0.3) is 0 Å². The lowest BCUT2D eigenvalue weighted by atomic mass is 10.1. The molecular weight excluding hydrogens is 314 g/mol. The van der Waals surface area contributed by atoms with Crippen molar-refractivity contribution in [3.63, 3.8) is 0 Å². The van der Waals surface area contributed by atoms with Crippen molar-refractivity contribution in [1.29, 1.82) is 0 Å². The fraction of sp³-hybridized carbons (Fsp3) is 0.350. The van der Waals surface area contributed by atoms with Gasteiger partial charge >= 0.3 is 0 Å². The molecule has 128 valence electrons. The zero-order valence-corrected chi connectivity index (χ0v) is 15.8. The van der Waals surface area contributed by atoms with Gasteiger partial charge in [0.15, 0.2) is 5.11 Å². The lowest BCUT2D eigenvalue weighted by Crippen LogP contribution is -2.28. The van der Waals surface area contributed by atoms with Crippen LogP contribution >= 0.6 is 12.2 Å². The van der Waals surface area contributed by atoms with E-state index in [1.165, 1.54) is 22.4 Å². The minimum absolute atomic E-state index is 0.643. The lowest BCUT2D eigenvalue weighted by Gasteiger charge is -2.21. The molecule has 4 heteroatoms. The Kier molecular flexibility index (Phi) is 6.62. The number of hydrogen-bond acceptors (Lipinski definition) is 2. The Bertz CT molecular complexity index is 656. The van der Waals surface area contributed by atoms with Crippen LogP contribution in [0.4, 0.5) is 11.4 Å². The van der Waals surface area contributed by atoms with E-state index in [2.05, 4.69) is 85.7 Å². The van der Waals surface area contributed by atoms with Crippen LogP contribution in [0.5, 0.6) is 0 Å². The summed E-state index contributed by atoms with van der Waals surface area (Å²) < 4.78 is 0. The van der Waals surface area contributed by atoms with Crippen LogP contribution in [0.3, 0.4) is 0 Å². The predicted octanol–water partition coefficient (Wildman–Crippen LogP) is 4.64. The van der Waals surface area contributed by atoms with Gasteiger partial charge < -0.3 is 15.5 Å². The molecular formula is C20H27N3S. The summed E-state index contributed by atoms with van der Waals surface area (Å²) in [5.74, 6) is 0. The highest BCUT2D eigenvalue weighted by Crippen LogP contribution is 2.17. The average molecular weight is 342 g/mol. The van der Waals surface area contributed by atoms with Gasteiger partial charge in [-0.1, -0.05) is 29.3 Å². The highest BCUT2D eigenvalue weighted by Gasteiger charge is 2.03. The molecule has 0 saturated carbocycles. The minimum atomic E-state index is 0.643. The maximum Gasteiger partial charge on any atom is 0.171 e. The first-order valence-corrected chi connectivity index (χ1v) is 8.89. The third kappa shape index (κ3) is 5.24. The molecule has 0 heterocycles. The van der Waals surface area contributed by atoms with Gasteiger partial charge in [-0.25, -0.2) is 0 Å². The first-order valence-electron chi connectivity index (χ1n) is 8.48. The summed E-state index contributed by atoms with van der Waals surface area (Å²) in [4.78, 5) is 2.32. The number of nitrogens with zero attached hydrogens (tertiary/aromatic N) is 1. The summed E-state index contributed by atoms with van der Waals surface area (Å²) in [6.07, 6.45) is 0. The van der Waals surface area contributed by atoms with Gasteiger partial charge in [0, 0.05) is 31.0 Å². The second-order valence-corrected chi connectivity index (χ2v) is 6.43. The molecule has 0 spiro atoms. The van der Waals surface area contributed by atoms with Crippen molar-refractivity contribution in [3.05, 3.63) is 59.2 Å². The van der Waals surface area contributed by atoms with Crippen LogP contribution in [0, 0.1) is 13.8 Å². The maximum atomic E-state index is 5.40. The largest absolute Gasteiger partial charge is 0.372 e. The maximum absolute atomic E-state index is 5.40. The third-order valence-corrected chi connectivity index (χ3v) is 4.23. The monoisotopic (exact) mass is 341 g/mol. The fourth-order valence-electron chi connectivity index (χ4n) is 2.87. The summed E-state index contributed by atoms with van der Waals surface area (Å²) in [5.41, 5.74) is 6.03. The summed E-state index contributed by atoms with van der Waals surface area (Å²) in [7, 11) is 0. The zero-order chi connectivity index (χ0) is 17.5. The average Bonchev–Trinajstić information content (AvgIpc) is 2.55. The molecule has 2 aromatic carbocycles. The Morgan fingerprint density at radius 3 is 2.08 bits per heavy atom. The molecule has 0 unspecified atom stereocenters. The van der Waals surface area contributed by atoms with Crippen molar-refractivity contribution >= 4 is 28.7 Å². The molecule has 2 aromatic rings. The van der Waals surface area contributed by atoms with Crippen molar-refractivity contribution < 1.29 is 0 Å². The van der Waals surface area contributed by atoms with E-state index >= 15 is 0 Å². The van der Waals surface area contributed by atoms with Crippen molar-refractivity contribution in [3.8, 4) is 0 Å². The summed E-state index contributed by atoms with van der Waals surface area (Å²) in [6.45, 7) is 11.3. The molecule has 3 nitrogen and oxygen atoms in total. The van der Waals surface area contributed by atoms with Gasteiger partial charge in [-0.15, -0.1) is 0 Å². The molecule has 0 aliphatic heterocycles. The van der Waals surface area contributed by atoms with E-state index in [0.717, 1.165) is 25.3 Å². The number of thiocarbonyl (C=S) groups is 1. The standard InChI is InChI=1S/C20H27N3S/c1-5-23(6-2)19-9-7-18(8-10-19)22-20(24)21-14-17-12-15(3)11-16(4)13-17/h7-13H,5-6,14H2,1-4H3,(H2,21,22,24). The van der Waals surface area contributed by atoms with Gasteiger partial charge in [-0.3, -0.25) is 0 Å². The van der Waals surface area contributed by atoms with Crippen LogP contribution in [-0.4, -0.2) is 18.2 Å². The molecule has 24 heavy (non-hydrogen) atoms. The minimum Gasteiger partial charge on any atom is -0.372 e. The Morgan fingerprint density at radius 1 is 0.958 bits per heavy atom. The predicted molar refractivity (Wildman–Crippen MR) is 109 cm³/mol. The smallest absolute Gasteiger partial charge is 0.171 e. The molecule has 0 atom stereocenters. The van der Waals surface area contributed by atoms with Gasteiger partial charge in [0.1, 0.15) is 0 Å². The first kappa shape index (κ1) is 18.3. The van der Waals surface area contributed by atoms with Gasteiger partial charge in [-0.05, 0) is 69.7 Å². The molecule has 0 amide bonds. The SMILES string of the molecule is CCN(CC)c1ccc(NC(=S)NCc2cc(C)cc(C)c2)cc1. The number of rotatable bonds is 6. The Hall–Kier alpha value is -2.07. The molecule has 0 bridgehead atoms. The van der Waals surface area contributed by atoms with Crippen molar-refractivity contribution in [2.24, 2.45) is 0 Å². The molecule has 0 radical (unpaired) electrons. The van der Waals surface area contributed by atoms with Crippen molar-refractivity contribution in [1.82, 2.24) is 5.32 Å². The van der Waals surface area contributed by atoms with Gasteiger partial charge in [-0.2, -0.15) is 0 Å². The van der Waals surface area contributed by atoms with E-state index in [0.29, 0.717) is 5.11 Å². The summed E-state index contributed by atoms with van der Waals surface area (Å²) >= 11 is 5.40. The number of anilines is 2. The van der Waals surface area contributed by atoms with Gasteiger partial charge in [0.2, 0.25) is 0 Å². The van der Waals surface area contributed by atoms with E-state index in [4.69, 9.17) is 12.2 Å². The molecule has 0 aliphatic rings. The number of hydrogen-bond donors (Lipinski definition) is 2. The van der Waals surface area contributed by atoms with Crippen LogP contribution in [0.15, 0.2) is 42.5 Å².